The average molecular weight is 265 g/mol. The second kappa shape index (κ2) is 7.36. The first-order valence-corrected chi connectivity index (χ1v) is 5.61. The van der Waals surface area contributed by atoms with E-state index in [1.807, 2.05) is 13.8 Å². The molecule has 0 heterocycles. The maximum atomic E-state index is 10.5. The molecule has 0 aliphatic heterocycles. The van der Waals surface area contributed by atoms with Gasteiger partial charge in [-0.2, -0.15) is 0 Å². The molecule has 1 aromatic carbocycles. The van der Waals surface area contributed by atoms with E-state index in [9.17, 15) is 4.79 Å². The highest BCUT2D eigenvalue weighted by atomic mass is 35.5. The van der Waals surface area contributed by atoms with Crippen LogP contribution < -0.4 is 4.74 Å². The minimum Gasteiger partial charge on any atom is -0.479 e. The van der Waals surface area contributed by atoms with Gasteiger partial charge >= 0.3 is 5.97 Å². The summed E-state index contributed by atoms with van der Waals surface area (Å²) in [6.45, 7) is 5.44. The number of carbonyl (C=O) groups is 1. The third-order valence-corrected chi connectivity index (χ3v) is 2.29. The summed E-state index contributed by atoms with van der Waals surface area (Å²) in [5.41, 5.74) is 0. The van der Waals surface area contributed by atoms with Gasteiger partial charge in [0, 0.05) is 6.07 Å². The van der Waals surface area contributed by atoms with Crippen molar-refractivity contribution in [3.05, 3.63) is 28.2 Å². The van der Waals surface area contributed by atoms with E-state index >= 15 is 0 Å². The Morgan fingerprint density at radius 2 is 1.88 bits per heavy atom. The van der Waals surface area contributed by atoms with Crippen molar-refractivity contribution in [2.45, 2.75) is 26.9 Å². The van der Waals surface area contributed by atoms with E-state index in [4.69, 9.17) is 33.0 Å². The molecule has 0 saturated carbocycles. The van der Waals surface area contributed by atoms with Crippen LogP contribution in [-0.4, -0.2) is 17.2 Å². The molecule has 0 amide bonds. The number of aliphatic carboxylic acids is 1. The van der Waals surface area contributed by atoms with Gasteiger partial charge in [0.05, 0.1) is 10.0 Å². The van der Waals surface area contributed by atoms with Gasteiger partial charge in [0.1, 0.15) is 5.75 Å². The summed E-state index contributed by atoms with van der Waals surface area (Å²) in [6, 6.07) is 4.59. The molecule has 16 heavy (non-hydrogen) atoms. The number of hydrogen-bond acceptors (Lipinski definition) is 2. The normalized spacial score (nSPS) is 11.1. The van der Waals surface area contributed by atoms with Gasteiger partial charge in [0.2, 0.25) is 0 Å². The maximum absolute atomic E-state index is 10.5. The topological polar surface area (TPSA) is 46.5 Å². The van der Waals surface area contributed by atoms with Gasteiger partial charge in [-0.3, -0.25) is 0 Å². The van der Waals surface area contributed by atoms with Gasteiger partial charge in [-0.05, 0) is 19.1 Å². The zero-order valence-corrected chi connectivity index (χ0v) is 10.8. The monoisotopic (exact) mass is 264 g/mol. The number of halogens is 2. The first-order valence-electron chi connectivity index (χ1n) is 4.85. The second-order valence-electron chi connectivity index (χ2n) is 2.67. The molecule has 0 aliphatic carbocycles. The van der Waals surface area contributed by atoms with Crippen LogP contribution in [0.3, 0.4) is 0 Å². The Labute approximate surface area is 105 Å². The Balaban J connectivity index is 0.00000106. The van der Waals surface area contributed by atoms with Crippen LogP contribution >= 0.6 is 23.2 Å². The van der Waals surface area contributed by atoms with E-state index < -0.39 is 12.1 Å². The Morgan fingerprint density at radius 3 is 2.31 bits per heavy atom. The van der Waals surface area contributed by atoms with Crippen LogP contribution in [0.25, 0.3) is 0 Å². The lowest BCUT2D eigenvalue weighted by Gasteiger charge is -2.10. The van der Waals surface area contributed by atoms with Crippen molar-refractivity contribution in [3.63, 3.8) is 0 Å². The van der Waals surface area contributed by atoms with Crippen molar-refractivity contribution in [3.8, 4) is 5.75 Å². The number of carboxylic acids is 1. The molecule has 0 saturated heterocycles. The smallest absolute Gasteiger partial charge is 0.344 e. The zero-order valence-electron chi connectivity index (χ0n) is 9.33. The number of ether oxygens (including phenoxy) is 1. The molecule has 5 heteroatoms. The van der Waals surface area contributed by atoms with E-state index in [0.29, 0.717) is 15.8 Å². The highest BCUT2D eigenvalue weighted by Gasteiger charge is 2.12. The van der Waals surface area contributed by atoms with Crippen LogP contribution in [0, 0.1) is 0 Å². The van der Waals surface area contributed by atoms with Gasteiger partial charge < -0.3 is 9.84 Å². The number of hydrogen-bond donors (Lipinski definition) is 1. The molecule has 0 aliphatic rings. The molecule has 0 bridgehead atoms. The quantitative estimate of drug-likeness (QED) is 0.902. The molecule has 1 atom stereocenters. The number of benzene rings is 1. The predicted molar refractivity (Wildman–Crippen MR) is 65.5 cm³/mol. The fourth-order valence-corrected chi connectivity index (χ4v) is 1.09. The van der Waals surface area contributed by atoms with E-state index in [0.717, 1.165) is 0 Å². The molecular formula is C11H14Cl2O3. The molecule has 90 valence electrons. The predicted octanol–water partition coefficient (Wildman–Crippen LogP) is 3.87. The Kier molecular flexibility index (Phi) is 6.93. The number of carboxylic acid groups (broad SMARTS) is 1. The van der Waals surface area contributed by atoms with Gasteiger partial charge in [-0.25, -0.2) is 4.79 Å². The highest BCUT2D eigenvalue weighted by molar-refractivity contribution is 6.42. The minimum atomic E-state index is -1.03. The first kappa shape index (κ1) is 15.1. The molecule has 1 unspecified atom stereocenters. The van der Waals surface area contributed by atoms with Crippen LogP contribution in [0.5, 0.6) is 5.75 Å². The van der Waals surface area contributed by atoms with E-state index in [1.54, 1.807) is 12.1 Å². The lowest BCUT2D eigenvalue weighted by molar-refractivity contribution is -0.144. The zero-order chi connectivity index (χ0) is 12.7. The molecule has 0 radical (unpaired) electrons. The Bertz CT molecular complexity index is 353. The summed E-state index contributed by atoms with van der Waals surface area (Å²) >= 11 is 11.4. The van der Waals surface area contributed by atoms with Crippen molar-refractivity contribution >= 4 is 29.2 Å². The lowest BCUT2D eigenvalue weighted by Crippen LogP contribution is -2.22. The van der Waals surface area contributed by atoms with Crippen molar-refractivity contribution in [1.82, 2.24) is 0 Å². The molecule has 0 spiro atoms. The van der Waals surface area contributed by atoms with Gasteiger partial charge in [0.25, 0.3) is 0 Å². The average Bonchev–Trinajstić information content (AvgIpc) is 2.26. The van der Waals surface area contributed by atoms with Gasteiger partial charge in [-0.1, -0.05) is 37.0 Å². The largest absolute Gasteiger partial charge is 0.479 e. The number of rotatable bonds is 3. The Hall–Kier alpha value is -0.930. The van der Waals surface area contributed by atoms with Crippen LogP contribution in [0.15, 0.2) is 18.2 Å². The maximum Gasteiger partial charge on any atom is 0.344 e. The molecule has 0 aromatic heterocycles. The summed E-state index contributed by atoms with van der Waals surface area (Å²) in [4.78, 5) is 10.5. The minimum absolute atomic E-state index is 0.335. The van der Waals surface area contributed by atoms with Crippen LogP contribution in [0.2, 0.25) is 10.0 Å². The van der Waals surface area contributed by atoms with Crippen LogP contribution in [-0.2, 0) is 4.79 Å². The van der Waals surface area contributed by atoms with Crippen molar-refractivity contribution in [2.75, 3.05) is 0 Å². The summed E-state index contributed by atoms with van der Waals surface area (Å²) in [7, 11) is 0. The fourth-order valence-electron chi connectivity index (χ4n) is 0.805. The molecule has 3 nitrogen and oxygen atoms in total. The summed E-state index contributed by atoms with van der Waals surface area (Å²) < 4.78 is 5.07. The van der Waals surface area contributed by atoms with E-state index in [-0.39, 0.29) is 0 Å². The highest BCUT2D eigenvalue weighted by Crippen LogP contribution is 2.26. The first-order chi connectivity index (χ1) is 7.50. The lowest BCUT2D eigenvalue weighted by atomic mass is 10.3. The van der Waals surface area contributed by atoms with Crippen LogP contribution in [0.4, 0.5) is 0 Å². The van der Waals surface area contributed by atoms with Gasteiger partial charge in [0.15, 0.2) is 6.10 Å². The van der Waals surface area contributed by atoms with Gasteiger partial charge in [-0.15, -0.1) is 0 Å². The SMILES string of the molecule is CC.CC(Oc1ccc(Cl)c(Cl)c1)C(=O)O. The van der Waals surface area contributed by atoms with Crippen molar-refractivity contribution < 1.29 is 14.6 Å². The summed E-state index contributed by atoms with van der Waals surface area (Å²) in [6.07, 6.45) is -0.910. The third-order valence-electron chi connectivity index (χ3n) is 1.55. The summed E-state index contributed by atoms with van der Waals surface area (Å²) in [5, 5.41) is 9.32. The standard InChI is InChI=1S/C9H8Cl2O3.C2H6/c1-5(9(12)13)14-6-2-3-7(10)8(11)4-6;1-2/h2-5H,1H3,(H,12,13);1-2H3. The fraction of sp³-hybridized carbons (Fsp3) is 0.364. The molecule has 1 rings (SSSR count). The summed E-state index contributed by atoms with van der Waals surface area (Å²) in [5.74, 6) is -0.648. The van der Waals surface area contributed by atoms with E-state index in [1.165, 1.54) is 13.0 Å². The molecule has 1 N–H and O–H groups in total. The molecular weight excluding hydrogens is 251 g/mol. The van der Waals surface area contributed by atoms with Crippen molar-refractivity contribution in [2.24, 2.45) is 0 Å². The van der Waals surface area contributed by atoms with Crippen molar-refractivity contribution in [1.29, 1.82) is 0 Å². The second-order valence-corrected chi connectivity index (χ2v) is 3.49. The van der Waals surface area contributed by atoms with E-state index in [2.05, 4.69) is 0 Å². The molecule has 0 fully saturated rings. The molecule has 1 aromatic rings. The van der Waals surface area contributed by atoms with Crippen LogP contribution in [0.1, 0.15) is 20.8 Å². The Morgan fingerprint density at radius 1 is 1.31 bits per heavy atom. The third kappa shape index (κ3) is 4.73.